The van der Waals surface area contributed by atoms with E-state index in [1.807, 2.05) is 30.3 Å². The van der Waals surface area contributed by atoms with Gasteiger partial charge in [-0.2, -0.15) is 5.10 Å². The zero-order valence-corrected chi connectivity index (χ0v) is 11.7. The minimum atomic E-state index is -0.329. The Morgan fingerprint density at radius 2 is 2.00 bits per heavy atom. The summed E-state index contributed by atoms with van der Waals surface area (Å²) in [5.41, 5.74) is 1.76. The van der Waals surface area contributed by atoms with Crippen LogP contribution in [0.25, 0.3) is 5.69 Å². The van der Waals surface area contributed by atoms with Gasteiger partial charge in [-0.3, -0.25) is 9.78 Å². The SMILES string of the molecule is O=C(Nc1cnn(-c2ccccc2)c1)c1cc(Cl)ccn1. The lowest BCUT2D eigenvalue weighted by atomic mass is 10.3. The van der Waals surface area contributed by atoms with E-state index in [2.05, 4.69) is 15.4 Å². The van der Waals surface area contributed by atoms with Crippen molar-refractivity contribution in [2.24, 2.45) is 0 Å². The second-order valence-electron chi connectivity index (χ2n) is 4.32. The topological polar surface area (TPSA) is 59.8 Å². The lowest BCUT2D eigenvalue weighted by molar-refractivity contribution is 0.102. The van der Waals surface area contributed by atoms with Gasteiger partial charge in [0, 0.05) is 11.2 Å². The average molecular weight is 299 g/mol. The Labute approximate surface area is 126 Å². The number of hydrogen-bond acceptors (Lipinski definition) is 3. The first-order valence-electron chi connectivity index (χ1n) is 6.25. The number of aromatic nitrogens is 3. The van der Waals surface area contributed by atoms with Crippen molar-refractivity contribution >= 4 is 23.2 Å². The Bertz CT molecular complexity index is 770. The first kappa shape index (κ1) is 13.3. The summed E-state index contributed by atoms with van der Waals surface area (Å²) in [4.78, 5) is 16.0. The largest absolute Gasteiger partial charge is 0.318 e. The van der Waals surface area contributed by atoms with Crippen molar-refractivity contribution in [1.82, 2.24) is 14.8 Å². The molecule has 0 aliphatic carbocycles. The molecule has 3 rings (SSSR count). The molecule has 21 heavy (non-hydrogen) atoms. The zero-order chi connectivity index (χ0) is 14.7. The summed E-state index contributed by atoms with van der Waals surface area (Å²) in [5, 5.41) is 7.41. The molecule has 0 bridgehead atoms. The van der Waals surface area contributed by atoms with Crippen LogP contribution in [0.3, 0.4) is 0 Å². The van der Waals surface area contributed by atoms with E-state index >= 15 is 0 Å². The fourth-order valence-electron chi connectivity index (χ4n) is 1.83. The Balaban J connectivity index is 1.77. The summed E-state index contributed by atoms with van der Waals surface area (Å²) in [6.45, 7) is 0. The Kier molecular flexibility index (Phi) is 3.66. The summed E-state index contributed by atoms with van der Waals surface area (Å²) in [6, 6.07) is 12.8. The van der Waals surface area contributed by atoms with Crippen molar-refractivity contribution in [1.29, 1.82) is 0 Å². The van der Waals surface area contributed by atoms with E-state index in [1.54, 1.807) is 23.1 Å². The minimum absolute atomic E-state index is 0.259. The number of para-hydroxylation sites is 1. The van der Waals surface area contributed by atoms with Gasteiger partial charge in [0.05, 0.1) is 23.8 Å². The number of benzene rings is 1. The summed E-state index contributed by atoms with van der Waals surface area (Å²) < 4.78 is 1.68. The van der Waals surface area contributed by atoms with Crippen LogP contribution in [0.2, 0.25) is 5.02 Å². The second kappa shape index (κ2) is 5.76. The van der Waals surface area contributed by atoms with Crippen molar-refractivity contribution in [3.05, 3.63) is 71.8 Å². The van der Waals surface area contributed by atoms with Crippen LogP contribution in [-0.4, -0.2) is 20.7 Å². The first-order valence-corrected chi connectivity index (χ1v) is 6.63. The maximum atomic E-state index is 12.0. The molecule has 5 nitrogen and oxygen atoms in total. The van der Waals surface area contributed by atoms with Gasteiger partial charge in [0.2, 0.25) is 0 Å². The van der Waals surface area contributed by atoms with Gasteiger partial charge in [0.15, 0.2) is 0 Å². The van der Waals surface area contributed by atoms with E-state index in [4.69, 9.17) is 11.6 Å². The van der Waals surface area contributed by atoms with Gasteiger partial charge in [-0.15, -0.1) is 0 Å². The third-order valence-corrected chi connectivity index (χ3v) is 3.05. The molecule has 0 aliphatic heterocycles. The summed E-state index contributed by atoms with van der Waals surface area (Å²) in [5.74, 6) is -0.329. The summed E-state index contributed by atoms with van der Waals surface area (Å²) >= 11 is 5.84. The molecule has 0 fully saturated rings. The molecule has 6 heteroatoms. The van der Waals surface area contributed by atoms with Crippen LogP contribution in [0.5, 0.6) is 0 Å². The van der Waals surface area contributed by atoms with Crippen LogP contribution < -0.4 is 5.32 Å². The molecule has 1 aromatic carbocycles. The highest BCUT2D eigenvalue weighted by Crippen LogP contribution is 2.13. The van der Waals surface area contributed by atoms with Gasteiger partial charge >= 0.3 is 0 Å². The van der Waals surface area contributed by atoms with E-state index in [9.17, 15) is 4.79 Å². The molecule has 0 radical (unpaired) electrons. The van der Waals surface area contributed by atoms with E-state index in [1.165, 1.54) is 12.3 Å². The predicted molar refractivity (Wildman–Crippen MR) is 80.8 cm³/mol. The average Bonchev–Trinajstić information content (AvgIpc) is 2.97. The highest BCUT2D eigenvalue weighted by molar-refractivity contribution is 6.30. The van der Waals surface area contributed by atoms with Crippen LogP contribution in [0.15, 0.2) is 61.1 Å². The Morgan fingerprint density at radius 1 is 1.19 bits per heavy atom. The highest BCUT2D eigenvalue weighted by Gasteiger charge is 2.09. The molecule has 2 aromatic heterocycles. The number of amides is 1. The lowest BCUT2D eigenvalue weighted by Gasteiger charge is -2.02. The van der Waals surface area contributed by atoms with Crippen LogP contribution in [0.1, 0.15) is 10.5 Å². The van der Waals surface area contributed by atoms with Gasteiger partial charge in [-0.25, -0.2) is 4.68 Å². The number of halogens is 1. The fourth-order valence-corrected chi connectivity index (χ4v) is 1.99. The molecule has 3 aromatic rings. The van der Waals surface area contributed by atoms with Crippen molar-refractivity contribution in [2.45, 2.75) is 0 Å². The third kappa shape index (κ3) is 3.09. The molecule has 1 N–H and O–H groups in total. The maximum absolute atomic E-state index is 12.0. The number of carbonyl (C=O) groups excluding carboxylic acids is 1. The van der Waals surface area contributed by atoms with Crippen LogP contribution >= 0.6 is 11.6 Å². The number of nitrogens with zero attached hydrogens (tertiary/aromatic N) is 3. The molecule has 1 amide bonds. The van der Waals surface area contributed by atoms with E-state index < -0.39 is 0 Å². The van der Waals surface area contributed by atoms with Gasteiger partial charge in [-0.1, -0.05) is 29.8 Å². The number of pyridine rings is 1. The Hall–Kier alpha value is -2.66. The lowest BCUT2D eigenvalue weighted by Crippen LogP contribution is -2.13. The molecule has 0 atom stereocenters. The number of nitrogens with one attached hydrogen (secondary N) is 1. The van der Waals surface area contributed by atoms with Crippen molar-refractivity contribution in [3.8, 4) is 5.69 Å². The molecule has 2 heterocycles. The zero-order valence-electron chi connectivity index (χ0n) is 10.9. The van der Waals surface area contributed by atoms with Crippen LogP contribution in [-0.2, 0) is 0 Å². The third-order valence-electron chi connectivity index (χ3n) is 2.82. The number of carbonyl (C=O) groups is 1. The molecule has 0 spiro atoms. The summed E-state index contributed by atoms with van der Waals surface area (Å²) in [7, 11) is 0. The first-order chi connectivity index (χ1) is 10.2. The van der Waals surface area contributed by atoms with E-state index in [-0.39, 0.29) is 11.6 Å². The van der Waals surface area contributed by atoms with Crippen LogP contribution in [0, 0.1) is 0 Å². The maximum Gasteiger partial charge on any atom is 0.274 e. The molecule has 0 unspecified atom stereocenters. The van der Waals surface area contributed by atoms with E-state index in [0.717, 1.165) is 5.69 Å². The van der Waals surface area contributed by atoms with E-state index in [0.29, 0.717) is 10.7 Å². The second-order valence-corrected chi connectivity index (χ2v) is 4.76. The number of rotatable bonds is 3. The molecule has 104 valence electrons. The van der Waals surface area contributed by atoms with Gasteiger partial charge < -0.3 is 5.32 Å². The molecule has 0 aliphatic rings. The standard InChI is InChI=1S/C15H11ClN4O/c16-11-6-7-17-14(8-11)15(21)19-12-9-18-20(10-12)13-4-2-1-3-5-13/h1-10H,(H,19,21). The fraction of sp³-hybridized carbons (Fsp3) is 0. The van der Waals surface area contributed by atoms with Crippen molar-refractivity contribution < 1.29 is 4.79 Å². The van der Waals surface area contributed by atoms with Gasteiger partial charge in [-0.05, 0) is 24.3 Å². The quantitative estimate of drug-likeness (QED) is 0.808. The monoisotopic (exact) mass is 298 g/mol. The smallest absolute Gasteiger partial charge is 0.274 e. The van der Waals surface area contributed by atoms with Gasteiger partial charge in [0.1, 0.15) is 5.69 Å². The minimum Gasteiger partial charge on any atom is -0.318 e. The molecule has 0 saturated carbocycles. The van der Waals surface area contributed by atoms with Crippen molar-refractivity contribution in [2.75, 3.05) is 5.32 Å². The number of anilines is 1. The van der Waals surface area contributed by atoms with Crippen molar-refractivity contribution in [3.63, 3.8) is 0 Å². The molecular weight excluding hydrogens is 288 g/mol. The van der Waals surface area contributed by atoms with Gasteiger partial charge in [0.25, 0.3) is 5.91 Å². The predicted octanol–water partition coefficient (Wildman–Crippen LogP) is 3.17. The Morgan fingerprint density at radius 3 is 2.76 bits per heavy atom. The normalized spacial score (nSPS) is 10.3. The van der Waals surface area contributed by atoms with Crippen LogP contribution in [0.4, 0.5) is 5.69 Å². The highest BCUT2D eigenvalue weighted by atomic mass is 35.5. The number of hydrogen-bond donors (Lipinski definition) is 1. The molecule has 0 saturated heterocycles. The molecular formula is C15H11ClN4O. The summed E-state index contributed by atoms with van der Waals surface area (Å²) in [6.07, 6.45) is 4.80.